The van der Waals surface area contributed by atoms with Crippen LogP contribution in [0.5, 0.6) is 6.01 Å². The number of para-hydroxylation sites is 1. The largest absolute Gasteiger partial charge is 0.511 e. The van der Waals surface area contributed by atoms with Gasteiger partial charge in [0.2, 0.25) is 12.1 Å². The van der Waals surface area contributed by atoms with Gasteiger partial charge in [-0.3, -0.25) is 4.57 Å². The molecule has 2 aromatic heterocycles. The summed E-state index contributed by atoms with van der Waals surface area (Å²) in [6.07, 6.45) is -6.16. The smallest absolute Gasteiger partial charge is 0.465 e. The summed E-state index contributed by atoms with van der Waals surface area (Å²) in [6, 6.07) is 21.1. The van der Waals surface area contributed by atoms with Gasteiger partial charge in [-0.05, 0) is 41.0 Å². The molecule has 5 aromatic rings. The Bertz CT molecular complexity index is 2050. The number of nitrogens with zero attached hydrogens (tertiary/aromatic N) is 5. The van der Waals surface area contributed by atoms with Crippen molar-refractivity contribution in [1.82, 2.24) is 30.2 Å². The highest BCUT2D eigenvalue weighted by molar-refractivity contribution is 6.02. The molecule has 2 saturated heterocycles. The van der Waals surface area contributed by atoms with E-state index >= 15 is 0 Å². The molecule has 0 aliphatic carbocycles. The second kappa shape index (κ2) is 15.0. The Morgan fingerprint density at radius 3 is 2.29 bits per heavy atom. The monoisotopic (exact) mass is 714 g/mol. The molecule has 0 saturated carbocycles. The number of hydrogen-bond acceptors (Lipinski definition) is 15. The highest BCUT2D eigenvalue weighted by Crippen LogP contribution is 2.33. The van der Waals surface area contributed by atoms with Crippen molar-refractivity contribution >= 4 is 29.3 Å². The fraction of sp³-hybridized carbons (Fsp3) is 0.343. The zero-order valence-corrected chi connectivity index (χ0v) is 28.3. The van der Waals surface area contributed by atoms with E-state index < -0.39 is 49.0 Å². The van der Waals surface area contributed by atoms with Crippen LogP contribution in [0.4, 0.5) is 9.59 Å². The lowest BCUT2D eigenvalue weighted by Gasteiger charge is -2.19. The SMILES string of the molecule is CCOc1nc2cccc(C(=O)OC(C)OC(=O)O[C@@H]3CO[C@H]4[C@@H]3OC[C@H]4OC(=O)OC)c2n1Cc1ccc(-c2ccccc2-c2nn[nH]n2)cc1. The number of carbonyl (C=O) groups is 3. The minimum absolute atomic E-state index is 0.00986. The van der Waals surface area contributed by atoms with E-state index in [-0.39, 0.29) is 18.8 Å². The van der Waals surface area contributed by atoms with Crippen molar-refractivity contribution in [2.24, 2.45) is 0 Å². The number of tetrazole rings is 1. The molecule has 4 heterocycles. The predicted molar refractivity (Wildman–Crippen MR) is 178 cm³/mol. The van der Waals surface area contributed by atoms with Crippen LogP contribution in [0.2, 0.25) is 0 Å². The van der Waals surface area contributed by atoms with Crippen LogP contribution in [0.25, 0.3) is 33.5 Å². The molecule has 2 fully saturated rings. The third-order valence-corrected chi connectivity index (χ3v) is 8.50. The number of aromatic amines is 1. The van der Waals surface area contributed by atoms with Crippen molar-refractivity contribution in [2.75, 3.05) is 26.9 Å². The van der Waals surface area contributed by atoms with Crippen LogP contribution in [0.3, 0.4) is 0 Å². The van der Waals surface area contributed by atoms with Crippen LogP contribution in [0.1, 0.15) is 29.8 Å². The van der Waals surface area contributed by atoms with Gasteiger partial charge < -0.3 is 37.9 Å². The van der Waals surface area contributed by atoms with Crippen LogP contribution in [0.15, 0.2) is 66.7 Å². The summed E-state index contributed by atoms with van der Waals surface area (Å²) < 4.78 is 44.8. The first-order chi connectivity index (χ1) is 25.3. The molecule has 270 valence electrons. The highest BCUT2D eigenvalue weighted by atomic mass is 16.8. The lowest BCUT2D eigenvalue weighted by molar-refractivity contribution is -0.0988. The topological polar surface area (TPSA) is 197 Å². The Labute approximate surface area is 296 Å². The summed E-state index contributed by atoms with van der Waals surface area (Å²) in [7, 11) is 1.19. The molecule has 0 spiro atoms. The molecule has 0 bridgehead atoms. The number of H-pyrrole nitrogens is 1. The highest BCUT2D eigenvalue weighted by Gasteiger charge is 2.51. The number of esters is 1. The summed E-state index contributed by atoms with van der Waals surface area (Å²) in [5, 5.41) is 14.4. The summed E-state index contributed by atoms with van der Waals surface area (Å²) in [5.74, 6) is -0.265. The average molecular weight is 715 g/mol. The number of nitrogens with one attached hydrogen (secondary N) is 1. The number of rotatable bonds is 11. The molecule has 1 unspecified atom stereocenters. The Balaban J connectivity index is 1.04. The van der Waals surface area contributed by atoms with E-state index in [0.717, 1.165) is 22.3 Å². The molecule has 7 rings (SSSR count). The van der Waals surface area contributed by atoms with Gasteiger partial charge in [0.1, 0.15) is 12.2 Å². The van der Waals surface area contributed by atoms with Crippen molar-refractivity contribution in [3.63, 3.8) is 0 Å². The van der Waals surface area contributed by atoms with Gasteiger partial charge in [-0.1, -0.05) is 54.6 Å². The molecule has 0 amide bonds. The average Bonchev–Trinajstić information content (AvgIpc) is 3.96. The molecule has 2 aliphatic rings. The van der Waals surface area contributed by atoms with Gasteiger partial charge >= 0.3 is 18.3 Å². The van der Waals surface area contributed by atoms with E-state index in [1.165, 1.54) is 14.0 Å². The van der Waals surface area contributed by atoms with Crippen LogP contribution < -0.4 is 4.74 Å². The van der Waals surface area contributed by atoms with Crippen molar-refractivity contribution in [3.05, 3.63) is 77.9 Å². The Kier molecular flexibility index (Phi) is 9.94. The van der Waals surface area contributed by atoms with E-state index in [9.17, 15) is 14.4 Å². The first kappa shape index (κ1) is 34.4. The van der Waals surface area contributed by atoms with Gasteiger partial charge in [0.15, 0.2) is 12.2 Å². The summed E-state index contributed by atoms with van der Waals surface area (Å²) in [5.41, 5.74) is 4.82. The summed E-state index contributed by atoms with van der Waals surface area (Å²) in [4.78, 5) is 42.4. The van der Waals surface area contributed by atoms with Gasteiger partial charge in [-0.15, -0.1) is 10.2 Å². The molecule has 52 heavy (non-hydrogen) atoms. The van der Waals surface area contributed by atoms with Crippen LogP contribution in [-0.2, 0) is 39.7 Å². The number of hydrogen-bond donors (Lipinski definition) is 1. The molecule has 5 atom stereocenters. The minimum atomic E-state index is -1.32. The summed E-state index contributed by atoms with van der Waals surface area (Å²) >= 11 is 0. The molecule has 0 radical (unpaired) electrons. The first-order valence-electron chi connectivity index (χ1n) is 16.4. The number of carbonyl (C=O) groups excluding carboxylic acids is 3. The molecular formula is C35H34N6O11. The maximum Gasteiger partial charge on any atom is 0.511 e. The third kappa shape index (κ3) is 7.08. The maximum atomic E-state index is 13.6. The van der Waals surface area contributed by atoms with Gasteiger partial charge in [-0.2, -0.15) is 10.2 Å². The van der Waals surface area contributed by atoms with E-state index in [0.29, 0.717) is 36.0 Å². The van der Waals surface area contributed by atoms with E-state index in [2.05, 4.69) is 30.3 Å². The minimum Gasteiger partial charge on any atom is -0.465 e. The Hall–Kier alpha value is -6.07. The molecule has 3 aromatic carbocycles. The number of imidazole rings is 1. The fourth-order valence-corrected chi connectivity index (χ4v) is 6.22. The second-order valence-corrected chi connectivity index (χ2v) is 11.8. The van der Waals surface area contributed by atoms with Crippen LogP contribution in [0, 0.1) is 0 Å². The van der Waals surface area contributed by atoms with Crippen LogP contribution in [-0.4, -0.2) is 106 Å². The molecule has 17 heteroatoms. The first-order valence-corrected chi connectivity index (χ1v) is 16.4. The molecule has 1 N–H and O–H groups in total. The summed E-state index contributed by atoms with van der Waals surface area (Å²) in [6.45, 7) is 3.94. The predicted octanol–water partition coefficient (Wildman–Crippen LogP) is 4.30. The molecular weight excluding hydrogens is 680 g/mol. The third-order valence-electron chi connectivity index (χ3n) is 8.50. The maximum absolute atomic E-state index is 13.6. The number of aromatic nitrogens is 6. The number of ether oxygens (including phenoxy) is 8. The van der Waals surface area contributed by atoms with Gasteiger partial charge in [0.25, 0.3) is 6.01 Å². The van der Waals surface area contributed by atoms with E-state index in [1.807, 2.05) is 55.5 Å². The number of methoxy groups -OCH3 is 1. The van der Waals surface area contributed by atoms with Gasteiger partial charge in [-0.25, -0.2) is 14.4 Å². The quantitative estimate of drug-likeness (QED) is 0.115. The second-order valence-electron chi connectivity index (χ2n) is 11.8. The Morgan fingerprint density at radius 2 is 1.62 bits per heavy atom. The number of benzene rings is 3. The lowest BCUT2D eigenvalue weighted by atomic mass is 9.98. The zero-order chi connectivity index (χ0) is 36.2. The zero-order valence-electron chi connectivity index (χ0n) is 28.3. The fourth-order valence-electron chi connectivity index (χ4n) is 6.22. The van der Waals surface area contributed by atoms with Crippen LogP contribution >= 0.6 is 0 Å². The van der Waals surface area contributed by atoms with E-state index in [1.54, 1.807) is 22.8 Å². The van der Waals surface area contributed by atoms with Gasteiger partial charge in [0.05, 0.1) is 50.1 Å². The van der Waals surface area contributed by atoms with Crippen molar-refractivity contribution < 1.29 is 52.3 Å². The molecule has 2 aliphatic heterocycles. The van der Waals surface area contributed by atoms with Crippen molar-refractivity contribution in [2.45, 2.75) is 51.1 Å². The van der Waals surface area contributed by atoms with Gasteiger partial charge in [0, 0.05) is 12.5 Å². The lowest BCUT2D eigenvalue weighted by Crippen LogP contribution is -2.36. The standard InChI is InChI=1S/C35H34N6O11/c1-4-46-33-36-25-11-7-10-24(32(42)49-19(2)50-35(44)52-27-18-48-29-26(17-47-30(27)29)51-34(43)45-3)28(25)41(33)16-20-12-14-21(15-13-20)22-8-5-6-9-23(22)31-37-39-40-38-31/h5-15,19,26-27,29-30H,4,16-18H2,1-3H3,(H,37,38,39,40)/t19?,26-,27-,29-,30-/m1/s1. The Morgan fingerprint density at radius 1 is 0.904 bits per heavy atom. The van der Waals surface area contributed by atoms with Crippen molar-refractivity contribution in [1.29, 1.82) is 0 Å². The molecule has 17 nitrogen and oxygen atoms in total. The normalized spacial score (nSPS) is 19.8. The van der Waals surface area contributed by atoms with E-state index in [4.69, 9.17) is 33.2 Å². The number of fused-ring (bicyclic) bond motifs is 2. The van der Waals surface area contributed by atoms with Crippen molar-refractivity contribution in [3.8, 4) is 28.5 Å².